The molecule has 1 aromatic carbocycles. The second-order valence-corrected chi connectivity index (χ2v) is 6.97. The Hall–Kier alpha value is -1.36. The Morgan fingerprint density at radius 2 is 2.17 bits per heavy atom. The molecule has 18 heavy (non-hydrogen) atoms. The fourth-order valence-corrected chi connectivity index (χ4v) is 3.30. The number of amides is 1. The van der Waals surface area contributed by atoms with E-state index in [2.05, 4.69) is 18.7 Å². The molecule has 5 heteroatoms. The van der Waals surface area contributed by atoms with Crippen LogP contribution in [0.2, 0.25) is 0 Å². The van der Waals surface area contributed by atoms with Crippen molar-refractivity contribution in [2.45, 2.75) is 18.6 Å². The third-order valence-electron chi connectivity index (χ3n) is 3.09. The zero-order chi connectivity index (χ0) is 13.3. The monoisotopic (exact) mass is 265 g/mol. The first kappa shape index (κ1) is 13.1. The number of hydrogen-bond donors (Lipinski definition) is 2. The van der Waals surface area contributed by atoms with E-state index in [-0.39, 0.29) is 4.75 Å². The molecule has 0 aliphatic carbocycles. The fourth-order valence-electron chi connectivity index (χ4n) is 2.19. The van der Waals surface area contributed by atoms with Crippen LogP contribution in [-0.2, 0) is 0 Å². The van der Waals surface area contributed by atoms with Crippen molar-refractivity contribution in [3.8, 4) is 0 Å². The van der Waals surface area contributed by atoms with Gasteiger partial charge in [-0.25, -0.2) is 0 Å². The minimum absolute atomic E-state index is 0.229. The Labute approximate surface area is 112 Å². The van der Waals surface area contributed by atoms with Gasteiger partial charge < -0.3 is 16.4 Å². The van der Waals surface area contributed by atoms with E-state index in [0.717, 1.165) is 24.5 Å². The molecule has 0 spiro atoms. The SMILES string of the molecule is CC1(C)CN(c2ccc(N)c(C(N)=O)c2)CCS1. The average Bonchev–Trinajstić information content (AvgIpc) is 2.27. The highest BCUT2D eigenvalue weighted by molar-refractivity contribution is 8.00. The van der Waals surface area contributed by atoms with Crippen LogP contribution in [0.3, 0.4) is 0 Å². The van der Waals surface area contributed by atoms with E-state index in [4.69, 9.17) is 11.5 Å². The Kier molecular flexibility index (Phi) is 3.43. The molecule has 1 amide bonds. The van der Waals surface area contributed by atoms with Gasteiger partial charge in [0.1, 0.15) is 0 Å². The smallest absolute Gasteiger partial charge is 0.250 e. The molecule has 0 saturated carbocycles. The van der Waals surface area contributed by atoms with Crippen LogP contribution in [0.25, 0.3) is 0 Å². The van der Waals surface area contributed by atoms with E-state index in [1.165, 1.54) is 0 Å². The minimum atomic E-state index is -0.472. The number of rotatable bonds is 2. The topological polar surface area (TPSA) is 72.3 Å². The summed E-state index contributed by atoms with van der Waals surface area (Å²) in [7, 11) is 0. The molecule has 1 aliphatic rings. The standard InChI is InChI=1S/C13H19N3OS/c1-13(2)8-16(5-6-18-13)9-3-4-11(14)10(7-9)12(15)17/h3-4,7H,5-6,8,14H2,1-2H3,(H2,15,17). The van der Waals surface area contributed by atoms with Gasteiger partial charge in [0.15, 0.2) is 0 Å². The van der Waals surface area contributed by atoms with Crippen molar-refractivity contribution in [1.82, 2.24) is 0 Å². The number of thioether (sulfide) groups is 1. The molecule has 2 rings (SSSR count). The van der Waals surface area contributed by atoms with E-state index in [0.29, 0.717) is 11.3 Å². The van der Waals surface area contributed by atoms with Crippen LogP contribution >= 0.6 is 11.8 Å². The maximum atomic E-state index is 11.3. The number of nitrogens with zero attached hydrogens (tertiary/aromatic N) is 1. The summed E-state index contributed by atoms with van der Waals surface area (Å²) >= 11 is 1.97. The molecule has 0 unspecified atom stereocenters. The van der Waals surface area contributed by atoms with Gasteiger partial charge in [-0.15, -0.1) is 0 Å². The van der Waals surface area contributed by atoms with Gasteiger partial charge >= 0.3 is 0 Å². The number of primary amides is 1. The molecular formula is C13H19N3OS. The Balaban J connectivity index is 2.28. The lowest BCUT2D eigenvalue weighted by molar-refractivity contribution is 0.100. The summed E-state index contributed by atoms with van der Waals surface area (Å²) in [5, 5.41) is 0. The van der Waals surface area contributed by atoms with Gasteiger partial charge in [0.05, 0.1) is 5.56 Å². The number of benzene rings is 1. The van der Waals surface area contributed by atoms with E-state index in [1.54, 1.807) is 12.1 Å². The molecule has 1 saturated heterocycles. The van der Waals surface area contributed by atoms with Crippen LogP contribution in [-0.4, -0.2) is 29.5 Å². The number of carbonyl (C=O) groups is 1. The lowest BCUT2D eigenvalue weighted by atomic mass is 10.1. The first-order valence-corrected chi connectivity index (χ1v) is 6.96. The van der Waals surface area contributed by atoms with Crippen LogP contribution in [0.1, 0.15) is 24.2 Å². The molecule has 0 atom stereocenters. The Morgan fingerprint density at radius 1 is 1.44 bits per heavy atom. The average molecular weight is 265 g/mol. The third kappa shape index (κ3) is 2.72. The quantitative estimate of drug-likeness (QED) is 0.798. The highest BCUT2D eigenvalue weighted by Gasteiger charge is 2.27. The van der Waals surface area contributed by atoms with Crippen molar-refractivity contribution in [2.75, 3.05) is 29.5 Å². The number of nitrogens with two attached hydrogens (primary N) is 2. The van der Waals surface area contributed by atoms with Crippen LogP contribution in [0, 0.1) is 0 Å². The largest absolute Gasteiger partial charge is 0.398 e. The molecule has 1 heterocycles. The van der Waals surface area contributed by atoms with Gasteiger partial charge in [-0.05, 0) is 32.0 Å². The Bertz CT molecular complexity index is 473. The van der Waals surface area contributed by atoms with E-state index in [1.807, 2.05) is 17.8 Å². The lowest BCUT2D eigenvalue weighted by Crippen LogP contribution is -2.43. The van der Waals surface area contributed by atoms with Gasteiger partial charge in [-0.2, -0.15) is 11.8 Å². The summed E-state index contributed by atoms with van der Waals surface area (Å²) < 4.78 is 0.229. The fraction of sp³-hybridized carbons (Fsp3) is 0.462. The van der Waals surface area contributed by atoms with Crippen molar-refractivity contribution in [2.24, 2.45) is 5.73 Å². The van der Waals surface area contributed by atoms with Crippen molar-refractivity contribution in [1.29, 1.82) is 0 Å². The minimum Gasteiger partial charge on any atom is -0.398 e. The van der Waals surface area contributed by atoms with Gasteiger partial charge in [0.25, 0.3) is 5.91 Å². The van der Waals surface area contributed by atoms with Crippen LogP contribution in [0.15, 0.2) is 18.2 Å². The molecule has 0 aromatic heterocycles. The van der Waals surface area contributed by atoms with Crippen LogP contribution < -0.4 is 16.4 Å². The van der Waals surface area contributed by atoms with Crippen molar-refractivity contribution in [3.05, 3.63) is 23.8 Å². The first-order valence-electron chi connectivity index (χ1n) is 5.97. The third-order valence-corrected chi connectivity index (χ3v) is 4.39. The summed E-state index contributed by atoms with van der Waals surface area (Å²) in [6, 6.07) is 5.50. The van der Waals surface area contributed by atoms with Crippen molar-refractivity contribution in [3.63, 3.8) is 0 Å². The van der Waals surface area contributed by atoms with E-state index < -0.39 is 5.91 Å². The normalized spacial score (nSPS) is 18.7. The molecular weight excluding hydrogens is 246 g/mol. The molecule has 4 N–H and O–H groups in total. The van der Waals surface area contributed by atoms with Crippen LogP contribution in [0.5, 0.6) is 0 Å². The van der Waals surface area contributed by atoms with Gasteiger partial charge in [-0.3, -0.25) is 4.79 Å². The van der Waals surface area contributed by atoms with Crippen molar-refractivity contribution >= 4 is 29.0 Å². The lowest BCUT2D eigenvalue weighted by Gasteiger charge is -2.39. The zero-order valence-corrected chi connectivity index (χ0v) is 11.6. The number of anilines is 2. The maximum absolute atomic E-state index is 11.3. The zero-order valence-electron chi connectivity index (χ0n) is 10.8. The predicted molar refractivity (Wildman–Crippen MR) is 78.1 cm³/mol. The first-order chi connectivity index (χ1) is 8.39. The Morgan fingerprint density at radius 3 is 2.78 bits per heavy atom. The molecule has 98 valence electrons. The number of carbonyl (C=O) groups excluding carboxylic acids is 1. The molecule has 0 radical (unpaired) electrons. The molecule has 4 nitrogen and oxygen atoms in total. The number of nitrogen functional groups attached to an aromatic ring is 1. The number of hydrogen-bond acceptors (Lipinski definition) is 4. The maximum Gasteiger partial charge on any atom is 0.250 e. The highest BCUT2D eigenvalue weighted by atomic mass is 32.2. The summed E-state index contributed by atoms with van der Waals surface area (Å²) in [5.74, 6) is 0.614. The van der Waals surface area contributed by atoms with Gasteiger partial charge in [0.2, 0.25) is 0 Å². The highest BCUT2D eigenvalue weighted by Crippen LogP contribution is 2.33. The van der Waals surface area contributed by atoms with Crippen molar-refractivity contribution < 1.29 is 4.79 Å². The molecule has 1 aromatic rings. The second-order valence-electron chi connectivity index (χ2n) is 5.17. The van der Waals surface area contributed by atoms with Gasteiger partial charge in [0, 0.05) is 35.0 Å². The van der Waals surface area contributed by atoms with E-state index >= 15 is 0 Å². The van der Waals surface area contributed by atoms with Crippen LogP contribution in [0.4, 0.5) is 11.4 Å². The van der Waals surface area contributed by atoms with E-state index in [9.17, 15) is 4.79 Å². The summed E-state index contributed by atoms with van der Waals surface area (Å²) in [6.45, 7) is 6.41. The second kappa shape index (κ2) is 4.72. The molecule has 0 bridgehead atoms. The summed E-state index contributed by atoms with van der Waals surface area (Å²) in [5.41, 5.74) is 12.9. The summed E-state index contributed by atoms with van der Waals surface area (Å²) in [4.78, 5) is 13.6. The molecule has 1 fully saturated rings. The summed E-state index contributed by atoms with van der Waals surface area (Å²) in [6.07, 6.45) is 0. The molecule has 1 aliphatic heterocycles. The predicted octanol–water partition coefficient (Wildman–Crippen LogP) is 1.70. The van der Waals surface area contributed by atoms with Gasteiger partial charge in [-0.1, -0.05) is 0 Å².